The maximum atomic E-state index is 12.6. The number of H-pyrrole nitrogens is 3. The highest BCUT2D eigenvalue weighted by molar-refractivity contribution is 5.79. The normalized spacial score (nSPS) is 11.9. The van der Waals surface area contributed by atoms with Crippen molar-refractivity contribution in [2.24, 2.45) is 0 Å². The van der Waals surface area contributed by atoms with Crippen LogP contribution in [-0.2, 0) is 6.18 Å². The number of fused-ring (bicyclic) bond motifs is 1. The maximum Gasteiger partial charge on any atom is 0.494 e. The van der Waals surface area contributed by atoms with E-state index in [1.807, 2.05) is 6.07 Å². The molecule has 102 valence electrons. The number of hydrogen-bond donors (Lipinski definition) is 2. The van der Waals surface area contributed by atoms with Crippen molar-refractivity contribution in [1.82, 2.24) is 9.97 Å². The Morgan fingerprint density at radius 2 is 1.75 bits per heavy atom. The first-order valence-corrected chi connectivity index (χ1v) is 5.76. The van der Waals surface area contributed by atoms with Crippen molar-refractivity contribution < 1.29 is 18.2 Å². The van der Waals surface area contributed by atoms with Gasteiger partial charge in [0.2, 0.25) is 0 Å². The van der Waals surface area contributed by atoms with Gasteiger partial charge in [-0.15, -0.1) is 0 Å². The van der Waals surface area contributed by atoms with Crippen molar-refractivity contribution in [3.8, 4) is 11.3 Å². The van der Waals surface area contributed by atoms with Gasteiger partial charge in [0.05, 0.1) is 5.69 Å². The van der Waals surface area contributed by atoms with E-state index in [0.29, 0.717) is 5.69 Å². The first-order valence-electron chi connectivity index (χ1n) is 5.76. The van der Waals surface area contributed by atoms with E-state index in [4.69, 9.17) is 0 Å². The quantitative estimate of drug-likeness (QED) is 0.706. The van der Waals surface area contributed by atoms with Crippen LogP contribution >= 0.6 is 0 Å². The molecule has 0 unspecified atom stereocenters. The van der Waals surface area contributed by atoms with Crippen LogP contribution in [0, 0.1) is 0 Å². The van der Waals surface area contributed by atoms with Crippen LogP contribution in [0.1, 0.15) is 5.82 Å². The van der Waals surface area contributed by atoms with Crippen LogP contribution in [0.2, 0.25) is 0 Å². The second-order valence-corrected chi connectivity index (χ2v) is 4.29. The fourth-order valence-electron chi connectivity index (χ4n) is 1.99. The zero-order valence-corrected chi connectivity index (χ0v) is 10.0. The van der Waals surface area contributed by atoms with Crippen LogP contribution in [0.5, 0.6) is 0 Å². The first kappa shape index (κ1) is 12.5. The Hall–Kier alpha value is -2.57. The van der Waals surface area contributed by atoms with Gasteiger partial charge in [-0.1, -0.05) is 30.3 Å². The Balaban J connectivity index is 2.22. The third-order valence-electron chi connectivity index (χ3n) is 2.91. The fraction of sp³-hybridized carbons (Fsp3) is 0.0769. The van der Waals surface area contributed by atoms with Gasteiger partial charge in [0, 0.05) is 6.07 Å². The molecule has 0 bridgehead atoms. The van der Waals surface area contributed by atoms with E-state index in [-0.39, 0.29) is 11.0 Å². The van der Waals surface area contributed by atoms with Crippen molar-refractivity contribution in [3.05, 3.63) is 52.6 Å². The molecule has 0 aliphatic rings. The van der Waals surface area contributed by atoms with Gasteiger partial charge in [-0.2, -0.15) is 13.2 Å². The van der Waals surface area contributed by atoms with Crippen LogP contribution in [0.15, 0.2) is 41.2 Å². The summed E-state index contributed by atoms with van der Waals surface area (Å²) < 4.78 is 37.8. The van der Waals surface area contributed by atoms with E-state index in [2.05, 4.69) is 9.97 Å². The molecule has 0 spiro atoms. The monoisotopic (exact) mass is 280 g/mol. The van der Waals surface area contributed by atoms with Crippen molar-refractivity contribution >= 4 is 11.0 Å². The van der Waals surface area contributed by atoms with Gasteiger partial charge < -0.3 is 4.98 Å². The van der Waals surface area contributed by atoms with Crippen LogP contribution in [0.3, 0.4) is 0 Å². The topological polar surface area (TPSA) is 62.8 Å². The molecule has 20 heavy (non-hydrogen) atoms. The molecule has 0 radical (unpaired) electrons. The molecule has 1 aromatic carbocycles. The second-order valence-electron chi connectivity index (χ2n) is 4.29. The highest BCUT2D eigenvalue weighted by Crippen LogP contribution is 2.25. The summed E-state index contributed by atoms with van der Waals surface area (Å²) in [6, 6.07) is 10.5. The van der Waals surface area contributed by atoms with Gasteiger partial charge >= 0.3 is 17.6 Å². The van der Waals surface area contributed by atoms with E-state index in [1.54, 1.807) is 29.2 Å². The van der Waals surface area contributed by atoms with Gasteiger partial charge in [0.25, 0.3) is 0 Å². The van der Waals surface area contributed by atoms with Crippen LogP contribution in [-0.4, -0.2) is 9.97 Å². The number of hydrogen-bond acceptors (Lipinski definition) is 1. The zero-order chi connectivity index (χ0) is 14.3. The SMILES string of the molecule is O=c1[nH]c(C(F)(F)F)[nH+]c2cc(-c3ccccc3)[nH]c12. The minimum absolute atomic E-state index is 0.0804. The summed E-state index contributed by atoms with van der Waals surface area (Å²) in [6.45, 7) is 0. The van der Waals surface area contributed by atoms with Crippen LogP contribution in [0.4, 0.5) is 13.2 Å². The van der Waals surface area contributed by atoms with E-state index >= 15 is 0 Å². The predicted octanol–water partition coefficient (Wildman–Crippen LogP) is 2.36. The summed E-state index contributed by atoms with van der Waals surface area (Å²) >= 11 is 0. The molecule has 0 atom stereocenters. The van der Waals surface area contributed by atoms with Crippen molar-refractivity contribution in [2.75, 3.05) is 0 Å². The molecule has 3 rings (SSSR count). The Kier molecular flexibility index (Phi) is 2.63. The largest absolute Gasteiger partial charge is 0.494 e. The summed E-state index contributed by atoms with van der Waals surface area (Å²) in [5.74, 6) is -1.17. The molecule has 0 saturated carbocycles. The Bertz CT molecular complexity index is 818. The van der Waals surface area contributed by atoms with E-state index in [9.17, 15) is 18.0 Å². The zero-order valence-electron chi connectivity index (χ0n) is 10.0. The smallest absolute Gasteiger partial charge is 0.345 e. The molecule has 3 aromatic rings. The summed E-state index contributed by atoms with van der Waals surface area (Å²) in [7, 11) is 0. The van der Waals surface area contributed by atoms with Crippen molar-refractivity contribution in [1.29, 1.82) is 0 Å². The number of alkyl halides is 3. The summed E-state index contributed by atoms with van der Waals surface area (Å²) in [5.41, 5.74) is 0.733. The summed E-state index contributed by atoms with van der Waals surface area (Å²) in [4.78, 5) is 18.5. The molecule has 7 heteroatoms. The molecule has 0 amide bonds. The molecule has 2 aromatic heterocycles. The number of aromatic amines is 3. The molecular formula is C13H9F3N3O+. The molecule has 0 aliphatic carbocycles. The lowest BCUT2D eigenvalue weighted by Crippen LogP contribution is -2.29. The van der Waals surface area contributed by atoms with Crippen molar-refractivity contribution in [3.63, 3.8) is 0 Å². The van der Waals surface area contributed by atoms with E-state index < -0.39 is 17.6 Å². The van der Waals surface area contributed by atoms with Gasteiger partial charge in [0.1, 0.15) is 0 Å². The highest BCUT2D eigenvalue weighted by Gasteiger charge is 2.40. The first-order chi connectivity index (χ1) is 9.45. The lowest BCUT2D eigenvalue weighted by Gasteiger charge is -1.98. The highest BCUT2D eigenvalue weighted by atomic mass is 19.4. The minimum Gasteiger partial charge on any atom is -0.345 e. The molecule has 0 saturated heterocycles. The maximum absolute atomic E-state index is 12.6. The molecular weight excluding hydrogens is 271 g/mol. The number of rotatable bonds is 1. The number of aromatic nitrogens is 3. The molecule has 0 fully saturated rings. The van der Waals surface area contributed by atoms with Crippen molar-refractivity contribution in [2.45, 2.75) is 6.18 Å². The second kappa shape index (κ2) is 4.22. The Morgan fingerprint density at radius 3 is 2.40 bits per heavy atom. The third kappa shape index (κ3) is 2.07. The van der Waals surface area contributed by atoms with E-state index in [0.717, 1.165) is 5.56 Å². The Morgan fingerprint density at radius 1 is 1.05 bits per heavy atom. The number of halogens is 3. The average molecular weight is 280 g/mol. The number of nitrogens with one attached hydrogen (secondary N) is 3. The number of benzene rings is 1. The predicted molar refractivity (Wildman–Crippen MR) is 65.9 cm³/mol. The third-order valence-corrected chi connectivity index (χ3v) is 2.91. The lowest BCUT2D eigenvalue weighted by molar-refractivity contribution is -0.405. The minimum atomic E-state index is -4.63. The average Bonchev–Trinajstić information content (AvgIpc) is 2.83. The molecule has 4 nitrogen and oxygen atoms in total. The van der Waals surface area contributed by atoms with Gasteiger partial charge in [-0.05, 0) is 5.56 Å². The summed E-state index contributed by atoms with van der Waals surface area (Å²) in [5, 5.41) is 0. The van der Waals surface area contributed by atoms with Gasteiger partial charge in [0.15, 0.2) is 11.0 Å². The van der Waals surface area contributed by atoms with Crippen LogP contribution in [0.25, 0.3) is 22.3 Å². The summed E-state index contributed by atoms with van der Waals surface area (Å²) in [6.07, 6.45) is -4.63. The molecule has 0 aliphatic heterocycles. The van der Waals surface area contributed by atoms with Gasteiger partial charge in [-0.25, -0.2) is 14.8 Å². The molecule has 2 heterocycles. The lowest BCUT2D eigenvalue weighted by atomic mass is 10.2. The standard InChI is InChI=1S/C13H8F3N3O/c14-13(15,16)12-18-9-6-8(7-4-2-1-3-5-7)17-10(9)11(20)19-12/h1-6,17H,(H,18,19,20)/p+1. The van der Waals surface area contributed by atoms with Crippen LogP contribution < -0.4 is 10.5 Å². The Labute approximate surface area is 110 Å². The molecule has 3 N–H and O–H groups in total. The fourth-order valence-corrected chi connectivity index (χ4v) is 1.99. The van der Waals surface area contributed by atoms with Gasteiger partial charge in [-0.3, -0.25) is 0 Å². The van der Waals surface area contributed by atoms with E-state index in [1.165, 1.54) is 6.07 Å².